The number of halogens is 1. The second-order valence-electron chi connectivity index (χ2n) is 9.78. The largest absolute Gasteiger partial charge is 0.489 e. The Bertz CT molecular complexity index is 1180. The summed E-state index contributed by atoms with van der Waals surface area (Å²) in [5, 5.41) is 2.89. The van der Waals surface area contributed by atoms with Crippen molar-refractivity contribution in [2.75, 3.05) is 13.1 Å². The van der Waals surface area contributed by atoms with Crippen LogP contribution in [0.5, 0.6) is 5.75 Å². The highest BCUT2D eigenvalue weighted by Gasteiger charge is 2.42. The predicted molar refractivity (Wildman–Crippen MR) is 126 cm³/mol. The fraction of sp³-hybridized carbons (Fsp3) is 0.480. The van der Waals surface area contributed by atoms with E-state index in [1.54, 1.807) is 23.4 Å². The Morgan fingerprint density at radius 1 is 1.06 bits per heavy atom. The quantitative estimate of drug-likeness (QED) is 0.634. The zero-order valence-electron chi connectivity index (χ0n) is 19.2. The lowest BCUT2D eigenvalue weighted by Crippen LogP contribution is -2.54. The van der Waals surface area contributed by atoms with Crippen LogP contribution < -0.4 is 10.1 Å². The number of piperidine rings is 1. The second-order valence-corrected chi connectivity index (χ2v) is 10.2. The number of carbonyl (C=O) groups excluding carboxylic acids is 3. The zero-order valence-corrected chi connectivity index (χ0v) is 19.9. The van der Waals surface area contributed by atoms with Gasteiger partial charge in [0.05, 0.1) is 5.02 Å². The average Bonchev–Trinajstić information content (AvgIpc) is 3.38. The molecule has 35 heavy (non-hydrogen) atoms. The van der Waals surface area contributed by atoms with Crippen molar-refractivity contribution in [2.24, 2.45) is 0 Å². The number of ether oxygens (including phenoxy) is 1. The average molecular weight is 496 g/mol. The van der Waals surface area contributed by atoms with Crippen LogP contribution in [0.1, 0.15) is 59.8 Å². The number of nitrogens with one attached hydrogen (secondary N) is 1. The third-order valence-corrected chi connectivity index (χ3v) is 7.78. The number of benzene rings is 1. The normalized spacial score (nSPS) is 27.1. The number of imide groups is 1. The molecule has 2 aromatic rings. The molecule has 4 heterocycles. The minimum absolute atomic E-state index is 0.0866. The molecule has 1 saturated carbocycles. The fourth-order valence-electron chi connectivity index (χ4n) is 5.74. The number of likely N-dealkylation sites (tertiary alicyclic amines) is 1. The number of rotatable bonds is 5. The van der Waals surface area contributed by atoms with Crippen LogP contribution in [0, 0.1) is 0 Å². The number of hydrogen-bond acceptors (Lipinski definition) is 7. The fourth-order valence-corrected chi connectivity index (χ4v) is 5.84. The molecule has 0 radical (unpaired) electrons. The molecular weight excluding hydrogens is 470 g/mol. The van der Waals surface area contributed by atoms with Crippen molar-refractivity contribution in [3.63, 3.8) is 0 Å². The molecule has 6 rings (SSSR count). The molecule has 182 valence electrons. The number of fused-ring (bicyclic) bond motifs is 1. The van der Waals surface area contributed by atoms with Gasteiger partial charge in [-0.05, 0) is 49.4 Å². The first kappa shape index (κ1) is 22.4. The molecule has 3 aliphatic heterocycles. The maximum absolute atomic E-state index is 12.9. The van der Waals surface area contributed by atoms with E-state index in [9.17, 15) is 14.4 Å². The van der Waals surface area contributed by atoms with Crippen molar-refractivity contribution in [1.29, 1.82) is 0 Å². The van der Waals surface area contributed by atoms with E-state index >= 15 is 0 Å². The zero-order chi connectivity index (χ0) is 24.1. The summed E-state index contributed by atoms with van der Waals surface area (Å²) in [7, 11) is 0. The van der Waals surface area contributed by atoms with E-state index in [0.29, 0.717) is 35.5 Å². The third-order valence-electron chi connectivity index (χ3n) is 7.58. The second kappa shape index (κ2) is 8.87. The number of aromatic nitrogens is 2. The topological polar surface area (TPSA) is 105 Å². The van der Waals surface area contributed by atoms with Crippen LogP contribution >= 0.6 is 11.6 Å². The molecule has 1 unspecified atom stereocenters. The summed E-state index contributed by atoms with van der Waals surface area (Å²) >= 11 is 5.91. The molecular formula is C25H26ClN5O4. The van der Waals surface area contributed by atoms with Gasteiger partial charge in [0, 0.05) is 56.0 Å². The Morgan fingerprint density at radius 3 is 2.63 bits per heavy atom. The van der Waals surface area contributed by atoms with Gasteiger partial charge in [0.15, 0.2) is 0 Å². The lowest BCUT2D eigenvalue weighted by molar-refractivity contribution is -0.136. The van der Waals surface area contributed by atoms with Crippen LogP contribution in [-0.4, -0.2) is 68.8 Å². The van der Waals surface area contributed by atoms with E-state index in [2.05, 4.69) is 20.2 Å². The SMILES string of the molecule is O=C1CCC(N2Cc3cc(O[C@H]4CCC[C@H]4N4CC(c5ncc(Cl)cn5)C4)ccc3C2=O)C(=O)N1. The first-order valence-corrected chi connectivity index (χ1v) is 12.5. The monoisotopic (exact) mass is 495 g/mol. The molecule has 3 amide bonds. The highest BCUT2D eigenvalue weighted by molar-refractivity contribution is 6.30. The Morgan fingerprint density at radius 2 is 1.86 bits per heavy atom. The summed E-state index contributed by atoms with van der Waals surface area (Å²) in [6, 6.07) is 5.30. The van der Waals surface area contributed by atoms with E-state index in [1.165, 1.54) is 0 Å². The van der Waals surface area contributed by atoms with Crippen LogP contribution in [0.2, 0.25) is 5.02 Å². The van der Waals surface area contributed by atoms with Crippen molar-refractivity contribution < 1.29 is 19.1 Å². The summed E-state index contributed by atoms with van der Waals surface area (Å²) in [6.45, 7) is 2.16. The van der Waals surface area contributed by atoms with Gasteiger partial charge < -0.3 is 9.64 Å². The predicted octanol–water partition coefficient (Wildman–Crippen LogP) is 2.29. The highest BCUT2D eigenvalue weighted by Crippen LogP contribution is 2.36. The third kappa shape index (κ3) is 4.16. The molecule has 1 aromatic heterocycles. The summed E-state index contributed by atoms with van der Waals surface area (Å²) < 4.78 is 6.43. The van der Waals surface area contributed by atoms with Crippen LogP contribution in [0.4, 0.5) is 0 Å². The van der Waals surface area contributed by atoms with Crippen LogP contribution in [0.25, 0.3) is 0 Å². The highest BCUT2D eigenvalue weighted by atomic mass is 35.5. The minimum atomic E-state index is -0.611. The van der Waals surface area contributed by atoms with E-state index < -0.39 is 11.9 Å². The molecule has 3 atom stereocenters. The van der Waals surface area contributed by atoms with Gasteiger partial charge in [0.2, 0.25) is 11.8 Å². The van der Waals surface area contributed by atoms with E-state index in [-0.39, 0.29) is 24.3 Å². The van der Waals surface area contributed by atoms with Gasteiger partial charge in [-0.2, -0.15) is 0 Å². The van der Waals surface area contributed by atoms with Gasteiger partial charge >= 0.3 is 0 Å². The first-order valence-electron chi connectivity index (χ1n) is 12.1. The van der Waals surface area contributed by atoms with E-state index in [1.807, 2.05) is 12.1 Å². The Labute approximate surface area is 207 Å². The number of amides is 3. The van der Waals surface area contributed by atoms with Crippen LogP contribution in [0.3, 0.4) is 0 Å². The molecule has 0 bridgehead atoms. The van der Waals surface area contributed by atoms with Gasteiger partial charge in [0.25, 0.3) is 5.91 Å². The van der Waals surface area contributed by atoms with Gasteiger partial charge in [-0.15, -0.1) is 0 Å². The Hall–Kier alpha value is -3.04. The van der Waals surface area contributed by atoms with E-state index in [4.69, 9.17) is 16.3 Å². The lowest BCUT2D eigenvalue weighted by atomic mass is 9.95. The number of nitrogens with zero attached hydrogens (tertiary/aromatic N) is 4. The van der Waals surface area contributed by atoms with Crippen molar-refractivity contribution >= 4 is 29.3 Å². The lowest BCUT2D eigenvalue weighted by Gasteiger charge is -2.44. The standard InChI is InChI=1S/C25H26ClN5O4/c26-16-9-27-23(28-10-16)15-11-30(12-15)19-2-1-3-21(19)35-17-4-5-18-14(8-17)13-31(25(18)34)20-6-7-22(32)29-24(20)33/h4-5,8-10,15,19-21H,1-3,6-7,11-13H2,(H,29,32,33)/t19-,20?,21+/m1/s1. The van der Waals surface area contributed by atoms with Crippen molar-refractivity contribution in [1.82, 2.24) is 25.1 Å². The molecule has 2 saturated heterocycles. The summed E-state index contributed by atoms with van der Waals surface area (Å²) in [5.74, 6) is 1.05. The minimum Gasteiger partial charge on any atom is -0.489 e. The summed E-state index contributed by atoms with van der Waals surface area (Å²) in [4.78, 5) is 49.4. The van der Waals surface area contributed by atoms with Gasteiger partial charge in [-0.25, -0.2) is 9.97 Å². The molecule has 9 nitrogen and oxygen atoms in total. The van der Waals surface area contributed by atoms with Crippen molar-refractivity contribution in [3.05, 3.63) is 52.6 Å². The number of hydrogen-bond donors (Lipinski definition) is 1. The maximum atomic E-state index is 12.9. The molecule has 1 aromatic carbocycles. The molecule has 10 heteroatoms. The molecule has 3 fully saturated rings. The maximum Gasteiger partial charge on any atom is 0.255 e. The van der Waals surface area contributed by atoms with Crippen molar-refractivity contribution in [3.8, 4) is 5.75 Å². The number of carbonyl (C=O) groups is 3. The van der Waals surface area contributed by atoms with E-state index in [0.717, 1.165) is 49.5 Å². The smallest absolute Gasteiger partial charge is 0.255 e. The van der Waals surface area contributed by atoms with Crippen LogP contribution in [0.15, 0.2) is 30.6 Å². The van der Waals surface area contributed by atoms with Crippen LogP contribution in [-0.2, 0) is 16.1 Å². The van der Waals surface area contributed by atoms with Gasteiger partial charge in [0.1, 0.15) is 23.7 Å². The van der Waals surface area contributed by atoms with Gasteiger partial charge in [-0.1, -0.05) is 11.6 Å². The van der Waals surface area contributed by atoms with Crippen molar-refractivity contribution in [2.45, 2.75) is 62.8 Å². The molecule has 0 spiro atoms. The Balaban J connectivity index is 1.10. The summed E-state index contributed by atoms with van der Waals surface area (Å²) in [5.41, 5.74) is 1.45. The molecule has 1 N–H and O–H groups in total. The molecule has 4 aliphatic rings. The first-order chi connectivity index (χ1) is 17.0. The summed E-state index contributed by atoms with van der Waals surface area (Å²) in [6.07, 6.45) is 7.17. The van der Waals surface area contributed by atoms with Gasteiger partial charge in [-0.3, -0.25) is 24.6 Å². The molecule has 1 aliphatic carbocycles. The Kier molecular flexibility index (Phi) is 5.69.